The minimum atomic E-state index is -0.389. The van der Waals surface area contributed by atoms with E-state index in [4.69, 9.17) is 4.74 Å². The Morgan fingerprint density at radius 1 is 1.07 bits per heavy atom. The molecule has 1 aromatic carbocycles. The molecule has 0 aliphatic rings. The van der Waals surface area contributed by atoms with Crippen LogP contribution in [0.3, 0.4) is 0 Å². The zero-order valence-corrected chi connectivity index (χ0v) is 17.7. The van der Waals surface area contributed by atoms with E-state index in [0.29, 0.717) is 11.3 Å². The van der Waals surface area contributed by atoms with Gasteiger partial charge in [-0.15, -0.1) is 0 Å². The molecular formula is C24H27N3O3. The zero-order valence-electron chi connectivity index (χ0n) is 17.7. The van der Waals surface area contributed by atoms with Crippen LogP contribution in [0.2, 0.25) is 0 Å². The number of hydrogen-bond acceptors (Lipinski definition) is 5. The summed E-state index contributed by atoms with van der Waals surface area (Å²) in [6.07, 6.45) is 3.16. The van der Waals surface area contributed by atoms with E-state index < -0.39 is 0 Å². The van der Waals surface area contributed by atoms with Gasteiger partial charge < -0.3 is 15.2 Å². The Labute approximate surface area is 177 Å². The summed E-state index contributed by atoms with van der Waals surface area (Å²) < 4.78 is 5.78. The summed E-state index contributed by atoms with van der Waals surface area (Å²) in [5, 5.41) is 12.3. The predicted octanol–water partition coefficient (Wildman–Crippen LogP) is 4.01. The normalized spacial score (nSPS) is 12.8. The molecule has 2 atom stereocenters. The molecule has 0 bridgehead atoms. The van der Waals surface area contributed by atoms with Crippen molar-refractivity contribution in [1.29, 1.82) is 0 Å². The first-order valence-electron chi connectivity index (χ1n) is 9.94. The van der Waals surface area contributed by atoms with E-state index in [1.807, 2.05) is 51.1 Å². The van der Waals surface area contributed by atoms with Crippen molar-refractivity contribution in [2.75, 3.05) is 6.61 Å². The van der Waals surface area contributed by atoms with E-state index in [1.54, 1.807) is 31.5 Å². The van der Waals surface area contributed by atoms with Crippen molar-refractivity contribution in [2.24, 2.45) is 0 Å². The second-order valence-electron chi connectivity index (χ2n) is 7.51. The number of pyridine rings is 2. The molecule has 6 nitrogen and oxygen atoms in total. The molecule has 3 aromatic rings. The highest BCUT2D eigenvalue weighted by Crippen LogP contribution is 2.26. The number of carbonyl (C=O) groups is 1. The largest absolute Gasteiger partial charge is 0.488 e. The maximum atomic E-state index is 13.0. The number of hydrogen-bond donors (Lipinski definition) is 2. The quantitative estimate of drug-likeness (QED) is 0.620. The third kappa shape index (κ3) is 5.42. The van der Waals surface area contributed by atoms with Gasteiger partial charge in [0.1, 0.15) is 11.9 Å². The molecule has 0 fully saturated rings. The fourth-order valence-electron chi connectivity index (χ4n) is 2.95. The van der Waals surface area contributed by atoms with Gasteiger partial charge in [-0.25, -0.2) is 0 Å². The number of rotatable bonds is 7. The molecule has 156 valence electrons. The summed E-state index contributed by atoms with van der Waals surface area (Å²) in [5.41, 5.74) is 4.88. The van der Waals surface area contributed by atoms with Gasteiger partial charge >= 0.3 is 0 Å². The number of nitrogens with zero attached hydrogens (tertiary/aromatic N) is 2. The van der Waals surface area contributed by atoms with Gasteiger partial charge in [-0.3, -0.25) is 14.8 Å². The highest BCUT2D eigenvalue weighted by Gasteiger charge is 2.16. The van der Waals surface area contributed by atoms with Crippen molar-refractivity contribution in [3.63, 3.8) is 0 Å². The number of benzene rings is 1. The molecule has 2 heterocycles. The van der Waals surface area contributed by atoms with Gasteiger partial charge in [-0.1, -0.05) is 12.1 Å². The summed E-state index contributed by atoms with van der Waals surface area (Å²) in [4.78, 5) is 21.7. The average Bonchev–Trinajstić information content (AvgIpc) is 2.74. The molecule has 1 unspecified atom stereocenters. The molecule has 3 rings (SSSR count). The molecule has 0 saturated heterocycles. The second-order valence-corrected chi connectivity index (χ2v) is 7.51. The molecule has 0 spiro atoms. The Kier molecular flexibility index (Phi) is 6.79. The molecule has 0 aliphatic carbocycles. The number of ether oxygens (including phenoxy) is 1. The van der Waals surface area contributed by atoms with E-state index in [1.165, 1.54) is 0 Å². The Morgan fingerprint density at radius 3 is 2.50 bits per heavy atom. The number of aryl methyl sites for hydroxylation is 2. The summed E-state index contributed by atoms with van der Waals surface area (Å²) in [6, 6.07) is 12.9. The minimum absolute atomic E-state index is 0.119. The number of amides is 1. The van der Waals surface area contributed by atoms with Crippen LogP contribution in [0, 0.1) is 13.8 Å². The van der Waals surface area contributed by atoms with Gasteiger partial charge in [0.05, 0.1) is 18.3 Å². The summed E-state index contributed by atoms with van der Waals surface area (Å²) >= 11 is 0. The van der Waals surface area contributed by atoms with Gasteiger partial charge in [0.15, 0.2) is 0 Å². The van der Waals surface area contributed by atoms with E-state index >= 15 is 0 Å². The average molecular weight is 405 g/mol. The lowest BCUT2D eigenvalue weighted by atomic mass is 10.0. The summed E-state index contributed by atoms with van der Waals surface area (Å²) in [6.45, 7) is 7.46. The van der Waals surface area contributed by atoms with Crippen LogP contribution in [-0.4, -0.2) is 33.7 Å². The number of aliphatic hydroxyl groups excluding tert-OH is 1. The SMILES string of the molecule is Cc1ccc(-c2cc(OC(C)CO)cc(C(=O)N[C@H](C)c3ccc(C)nc3)c2)nc1. The van der Waals surface area contributed by atoms with E-state index in [9.17, 15) is 9.90 Å². The third-order valence-corrected chi connectivity index (χ3v) is 4.75. The maximum absolute atomic E-state index is 13.0. The first-order valence-corrected chi connectivity index (χ1v) is 9.94. The van der Waals surface area contributed by atoms with Gasteiger partial charge in [0, 0.05) is 29.2 Å². The van der Waals surface area contributed by atoms with Crippen molar-refractivity contribution in [3.8, 4) is 17.0 Å². The third-order valence-electron chi connectivity index (χ3n) is 4.75. The van der Waals surface area contributed by atoms with Crippen LogP contribution in [0.15, 0.2) is 54.9 Å². The predicted molar refractivity (Wildman–Crippen MR) is 116 cm³/mol. The lowest BCUT2D eigenvalue weighted by Gasteiger charge is -2.17. The smallest absolute Gasteiger partial charge is 0.251 e. The number of aromatic nitrogens is 2. The van der Waals surface area contributed by atoms with Gasteiger partial charge in [-0.2, -0.15) is 0 Å². The number of carbonyl (C=O) groups excluding carboxylic acids is 1. The summed E-state index contributed by atoms with van der Waals surface area (Å²) in [5.74, 6) is 0.282. The maximum Gasteiger partial charge on any atom is 0.251 e. The number of nitrogens with one attached hydrogen (secondary N) is 1. The molecule has 0 radical (unpaired) electrons. The monoisotopic (exact) mass is 405 g/mol. The molecule has 1 amide bonds. The summed E-state index contributed by atoms with van der Waals surface area (Å²) in [7, 11) is 0. The lowest BCUT2D eigenvalue weighted by Crippen LogP contribution is -2.27. The Hall–Kier alpha value is -3.25. The second kappa shape index (κ2) is 9.50. The van der Waals surface area contributed by atoms with Crippen LogP contribution in [0.1, 0.15) is 47.1 Å². The van der Waals surface area contributed by atoms with Crippen molar-refractivity contribution < 1.29 is 14.6 Å². The van der Waals surface area contributed by atoms with Crippen LogP contribution in [-0.2, 0) is 0 Å². The minimum Gasteiger partial charge on any atom is -0.488 e. The molecule has 2 aromatic heterocycles. The van der Waals surface area contributed by atoms with Crippen molar-refractivity contribution in [1.82, 2.24) is 15.3 Å². The van der Waals surface area contributed by atoms with Gasteiger partial charge in [0.25, 0.3) is 5.91 Å². The standard InChI is InChI=1S/C24H27N3O3/c1-15-5-8-23(26-12-15)20-9-21(11-22(10-20)30-17(3)14-28)24(29)27-18(4)19-7-6-16(2)25-13-19/h5-13,17-18,28H,14H2,1-4H3,(H,27,29)/t17?,18-/m1/s1. The topological polar surface area (TPSA) is 84.3 Å². The Balaban J connectivity index is 1.90. The van der Waals surface area contributed by atoms with Crippen LogP contribution in [0.25, 0.3) is 11.3 Å². The molecular weight excluding hydrogens is 378 g/mol. The molecule has 30 heavy (non-hydrogen) atoms. The van der Waals surface area contributed by atoms with Crippen LogP contribution >= 0.6 is 0 Å². The zero-order chi connectivity index (χ0) is 21.7. The first kappa shape index (κ1) is 21.5. The van der Waals surface area contributed by atoms with E-state index in [-0.39, 0.29) is 24.7 Å². The first-order chi connectivity index (χ1) is 14.4. The van der Waals surface area contributed by atoms with Gasteiger partial charge in [0.2, 0.25) is 0 Å². The lowest BCUT2D eigenvalue weighted by molar-refractivity contribution is 0.0938. The van der Waals surface area contributed by atoms with Crippen molar-refractivity contribution in [3.05, 3.63) is 77.2 Å². The van der Waals surface area contributed by atoms with Gasteiger partial charge in [-0.05, 0) is 69.2 Å². The van der Waals surface area contributed by atoms with Crippen LogP contribution in [0.4, 0.5) is 0 Å². The fourth-order valence-corrected chi connectivity index (χ4v) is 2.95. The van der Waals surface area contributed by atoms with Crippen molar-refractivity contribution >= 4 is 5.91 Å². The molecule has 6 heteroatoms. The highest BCUT2D eigenvalue weighted by atomic mass is 16.5. The highest BCUT2D eigenvalue weighted by molar-refractivity contribution is 5.96. The molecule has 2 N–H and O–H groups in total. The molecule has 0 saturated carbocycles. The molecule has 0 aliphatic heterocycles. The fraction of sp³-hybridized carbons (Fsp3) is 0.292. The van der Waals surface area contributed by atoms with E-state index in [2.05, 4.69) is 15.3 Å². The van der Waals surface area contributed by atoms with Crippen molar-refractivity contribution in [2.45, 2.75) is 39.8 Å². The van der Waals surface area contributed by atoms with Crippen LogP contribution in [0.5, 0.6) is 5.75 Å². The Bertz CT molecular complexity index is 1000. The Morgan fingerprint density at radius 2 is 1.87 bits per heavy atom. The van der Waals surface area contributed by atoms with E-state index in [0.717, 1.165) is 28.1 Å². The number of aliphatic hydroxyl groups is 1. The van der Waals surface area contributed by atoms with Crippen LogP contribution < -0.4 is 10.1 Å².